The number of carbonyl (C=O) groups is 1. The minimum absolute atomic E-state index is 0.132. The van der Waals surface area contributed by atoms with Gasteiger partial charge in [-0.25, -0.2) is 4.40 Å². The van der Waals surface area contributed by atoms with Crippen LogP contribution in [0, 0.1) is 11.3 Å². The molecule has 1 aliphatic heterocycles. The van der Waals surface area contributed by atoms with Crippen molar-refractivity contribution in [1.82, 2.24) is 0 Å². The molecule has 0 radical (unpaired) electrons. The van der Waals surface area contributed by atoms with Gasteiger partial charge in [-0.1, -0.05) is 127 Å². The first-order chi connectivity index (χ1) is 21.4. The largest absolute Gasteiger partial charge is 0.492 e. The second kappa shape index (κ2) is 17.9. The van der Waals surface area contributed by atoms with E-state index in [0.29, 0.717) is 0 Å². The summed E-state index contributed by atoms with van der Waals surface area (Å²) < 4.78 is 17.6. The van der Waals surface area contributed by atoms with Crippen LogP contribution in [-0.4, -0.2) is 30.1 Å². The van der Waals surface area contributed by atoms with E-state index in [-0.39, 0.29) is 17.5 Å². The number of carbonyl (C=O) groups excluding carboxylic acids is 1. The first kappa shape index (κ1) is 35.3. The molecule has 1 saturated carbocycles. The Labute approximate surface area is 275 Å². The van der Waals surface area contributed by atoms with Gasteiger partial charge in [-0.3, -0.25) is 4.79 Å². The number of hydrogen-bond acceptors (Lipinski definition) is 5. The number of esters is 1. The minimum Gasteiger partial charge on any atom is -0.492 e. The summed E-state index contributed by atoms with van der Waals surface area (Å²) in [5, 5.41) is -0.725. The van der Waals surface area contributed by atoms with Crippen LogP contribution in [0.5, 0.6) is 0 Å². The molecule has 4 nitrogen and oxygen atoms in total. The van der Waals surface area contributed by atoms with E-state index in [2.05, 4.69) is 54.3 Å². The molecular formula is C38H58NO3PS. The highest BCUT2D eigenvalue weighted by atomic mass is 32.2. The second-order valence-electron chi connectivity index (χ2n) is 13.8. The van der Waals surface area contributed by atoms with Crippen LogP contribution in [0.3, 0.4) is 0 Å². The zero-order chi connectivity index (χ0) is 31.3. The predicted molar refractivity (Wildman–Crippen MR) is 191 cm³/mol. The Morgan fingerprint density at radius 3 is 2.59 bits per heavy atom. The smallest absolute Gasteiger partial charge is 0.320 e. The quantitative estimate of drug-likeness (QED) is 0.0694. The molecule has 1 heterocycles. The van der Waals surface area contributed by atoms with Gasteiger partial charge in [0.2, 0.25) is 0 Å². The third kappa shape index (κ3) is 9.96. The van der Waals surface area contributed by atoms with E-state index in [1.807, 2.05) is 18.2 Å². The van der Waals surface area contributed by atoms with Crippen molar-refractivity contribution < 1.29 is 14.3 Å². The van der Waals surface area contributed by atoms with Gasteiger partial charge in [0.1, 0.15) is 22.7 Å². The Morgan fingerprint density at radius 1 is 1.07 bits per heavy atom. The number of hydrogen-bond donors (Lipinski definition) is 0. The highest BCUT2D eigenvalue weighted by molar-refractivity contribution is 7.98. The molecular weight excluding hydrogens is 581 g/mol. The molecule has 0 saturated heterocycles. The van der Waals surface area contributed by atoms with Crippen molar-refractivity contribution in [3.05, 3.63) is 59.4 Å². The lowest BCUT2D eigenvalue weighted by Crippen LogP contribution is -2.41. The number of benzene rings is 1. The topological polar surface area (TPSA) is 47.9 Å². The van der Waals surface area contributed by atoms with Crippen LogP contribution < -0.4 is 0 Å². The molecule has 0 N–H and O–H groups in total. The summed E-state index contributed by atoms with van der Waals surface area (Å²) in [6, 6.07) is 10.2. The number of unbranched alkanes of at least 4 members (excludes halogenated alkanes) is 6. The van der Waals surface area contributed by atoms with Crippen molar-refractivity contribution in [2.75, 3.05) is 12.4 Å². The predicted octanol–water partition coefficient (Wildman–Crippen LogP) is 10.9. The number of allylic oxidation sites excluding steroid dienone is 2. The normalized spacial score (nSPS) is 22.9. The summed E-state index contributed by atoms with van der Waals surface area (Å²) in [4.78, 5) is 13.9. The summed E-state index contributed by atoms with van der Waals surface area (Å²) in [7, 11) is 2.88. The monoisotopic (exact) mass is 639 g/mol. The number of rotatable bonds is 18. The maximum atomic E-state index is 13.9. The zero-order valence-electron chi connectivity index (χ0n) is 27.8. The van der Waals surface area contributed by atoms with E-state index < -0.39 is 5.16 Å². The molecule has 0 amide bonds. The molecule has 0 aromatic heterocycles. The van der Waals surface area contributed by atoms with Crippen LogP contribution >= 0.6 is 21.2 Å². The van der Waals surface area contributed by atoms with Gasteiger partial charge in [0, 0.05) is 11.2 Å². The van der Waals surface area contributed by atoms with E-state index >= 15 is 0 Å². The number of nitrogens with zero attached hydrogens (tertiary/aromatic N) is 1. The lowest BCUT2D eigenvalue weighted by molar-refractivity contribution is -0.158. The average molecular weight is 640 g/mol. The van der Waals surface area contributed by atoms with Gasteiger partial charge in [-0.15, -0.1) is 9.24 Å². The van der Waals surface area contributed by atoms with Crippen molar-refractivity contribution in [1.29, 1.82) is 0 Å². The highest BCUT2D eigenvalue weighted by Crippen LogP contribution is 2.45. The molecule has 1 fully saturated rings. The van der Waals surface area contributed by atoms with E-state index in [0.717, 1.165) is 80.3 Å². The fourth-order valence-corrected chi connectivity index (χ4v) is 8.21. The average Bonchev–Trinajstić information content (AvgIpc) is 3.57. The molecule has 244 valence electrons. The fourth-order valence-electron chi connectivity index (χ4n) is 7.11. The summed E-state index contributed by atoms with van der Waals surface area (Å²) in [5.41, 5.74) is 3.07. The maximum absolute atomic E-state index is 13.9. The third-order valence-electron chi connectivity index (χ3n) is 10.3. The van der Waals surface area contributed by atoms with Crippen molar-refractivity contribution in [3.63, 3.8) is 0 Å². The maximum Gasteiger partial charge on any atom is 0.320 e. The Bertz CT molecular complexity index is 1130. The van der Waals surface area contributed by atoms with Crippen molar-refractivity contribution in [3.8, 4) is 0 Å². The van der Waals surface area contributed by atoms with E-state index in [1.54, 1.807) is 11.9 Å². The summed E-state index contributed by atoms with van der Waals surface area (Å²) in [5.74, 6) is 2.66. The minimum atomic E-state index is -0.725. The van der Waals surface area contributed by atoms with E-state index in [9.17, 15) is 4.79 Å². The first-order valence-electron chi connectivity index (χ1n) is 17.6. The van der Waals surface area contributed by atoms with E-state index in [4.69, 9.17) is 13.9 Å². The van der Waals surface area contributed by atoms with Crippen LogP contribution in [0.2, 0.25) is 0 Å². The molecule has 4 atom stereocenters. The summed E-state index contributed by atoms with van der Waals surface area (Å²) in [6.45, 7) is 7.34. The Morgan fingerprint density at radius 2 is 1.82 bits per heavy atom. The molecule has 0 spiro atoms. The SMILES string of the molecule is CCCCCCC(P)(C(=O)OC(C)C1(C)CCC=C(C2=NSCC=C2OCCCCCCC2CCCC2)C1)c1ccccc1. The van der Waals surface area contributed by atoms with Gasteiger partial charge in [0.25, 0.3) is 0 Å². The zero-order valence-corrected chi connectivity index (χ0v) is 29.8. The van der Waals surface area contributed by atoms with Crippen molar-refractivity contribution in [2.24, 2.45) is 15.7 Å². The summed E-state index contributed by atoms with van der Waals surface area (Å²) >= 11 is 1.60. The van der Waals surface area contributed by atoms with Crippen molar-refractivity contribution in [2.45, 2.75) is 141 Å². The third-order valence-corrected chi connectivity index (χ3v) is 11.8. The standard InChI is InChI=1S/C38H58NO3PS/c1-4-5-6-15-26-38(43,33-22-11-9-12-23-33)36(40)42-30(2)37(3)25-17-21-32(29-37)35-34(24-28-44-39-35)41-27-16-8-7-10-18-31-19-13-14-20-31/h9,11-12,21-24,30-31H,4-8,10,13-20,25-29,43H2,1-3H3. The summed E-state index contributed by atoms with van der Waals surface area (Å²) in [6.07, 6.45) is 24.6. The Kier molecular flexibility index (Phi) is 14.4. The van der Waals surface area contributed by atoms with Crippen LogP contribution in [-0.2, 0) is 19.4 Å². The molecule has 1 aromatic carbocycles. The van der Waals surface area contributed by atoms with Crippen LogP contribution in [0.1, 0.15) is 135 Å². The van der Waals surface area contributed by atoms with Gasteiger partial charge in [-0.05, 0) is 74.1 Å². The van der Waals surface area contributed by atoms with Gasteiger partial charge in [0.05, 0.1) is 6.61 Å². The fraction of sp³-hybridized carbons (Fsp3) is 0.684. The lowest BCUT2D eigenvalue weighted by Gasteiger charge is -2.40. The van der Waals surface area contributed by atoms with Gasteiger partial charge < -0.3 is 9.47 Å². The molecule has 44 heavy (non-hydrogen) atoms. The Balaban J connectivity index is 1.31. The second-order valence-corrected chi connectivity index (χ2v) is 15.6. The lowest BCUT2D eigenvalue weighted by atomic mass is 9.71. The van der Waals surface area contributed by atoms with Gasteiger partial charge in [-0.2, -0.15) is 0 Å². The van der Waals surface area contributed by atoms with Crippen LogP contribution in [0.4, 0.5) is 0 Å². The van der Waals surface area contributed by atoms with Crippen LogP contribution in [0.15, 0.2) is 58.2 Å². The molecule has 3 aliphatic rings. The molecule has 0 bridgehead atoms. The highest BCUT2D eigenvalue weighted by Gasteiger charge is 2.42. The molecule has 6 heteroatoms. The number of ether oxygens (including phenoxy) is 2. The van der Waals surface area contributed by atoms with Crippen LogP contribution in [0.25, 0.3) is 0 Å². The first-order valence-corrected chi connectivity index (χ1v) is 19.2. The molecule has 4 unspecified atom stereocenters. The molecule has 4 rings (SSSR count). The molecule has 1 aromatic rings. The van der Waals surface area contributed by atoms with E-state index in [1.165, 1.54) is 69.8 Å². The van der Waals surface area contributed by atoms with Gasteiger partial charge >= 0.3 is 5.97 Å². The van der Waals surface area contributed by atoms with Crippen molar-refractivity contribution >= 4 is 32.9 Å². The molecule has 2 aliphatic carbocycles. The Hall–Kier alpha value is -1.58. The van der Waals surface area contributed by atoms with Gasteiger partial charge in [0.15, 0.2) is 0 Å².